The maximum Gasteiger partial charge on any atom is 0.203 e. The third-order valence-electron chi connectivity index (χ3n) is 6.34. The number of hydrogen-bond donors (Lipinski definition) is 0. The lowest BCUT2D eigenvalue weighted by Crippen LogP contribution is -2.11. The van der Waals surface area contributed by atoms with Gasteiger partial charge in [-0.1, -0.05) is 68.5 Å². The predicted octanol–water partition coefficient (Wildman–Crippen LogP) is 8.41. The van der Waals surface area contributed by atoms with Gasteiger partial charge in [0.2, 0.25) is 5.75 Å². The lowest BCUT2D eigenvalue weighted by atomic mass is 10.1. The first kappa shape index (κ1) is 28.7. The molecule has 3 aromatic carbocycles. The van der Waals surface area contributed by atoms with Crippen molar-refractivity contribution in [2.24, 2.45) is 0 Å². The maximum absolute atomic E-state index is 6.04. The summed E-state index contributed by atoms with van der Waals surface area (Å²) >= 11 is 0. The summed E-state index contributed by atoms with van der Waals surface area (Å²) < 4.78 is 28.7. The highest BCUT2D eigenvalue weighted by Gasteiger charge is 2.15. The van der Waals surface area contributed by atoms with Gasteiger partial charge in [0.1, 0.15) is 0 Å². The molecule has 2 atom stereocenters. The van der Waals surface area contributed by atoms with E-state index in [9.17, 15) is 0 Å². The number of methoxy groups -OCH3 is 3. The lowest BCUT2D eigenvalue weighted by molar-refractivity contribution is 0.198. The minimum atomic E-state index is 0.0665. The molecule has 0 aromatic heterocycles. The third kappa shape index (κ3) is 7.82. The standard InChI is InChI=1S/C33H40O5/c1-8-23(3)37-29-19-18-27(20-30(29)34-5)16-14-25-10-12-26(13-11-25)15-17-28-21-31(35-6)33(32(22-28)36-7)38-24(4)9-2/h10-24H,8-9H2,1-7H3/b16-14+,17-15+. The second-order valence-corrected chi connectivity index (χ2v) is 9.17. The van der Waals surface area contributed by atoms with Crippen molar-refractivity contribution in [3.63, 3.8) is 0 Å². The van der Waals surface area contributed by atoms with Crippen LogP contribution in [0.1, 0.15) is 62.8 Å². The normalized spacial score (nSPS) is 12.9. The van der Waals surface area contributed by atoms with Gasteiger partial charge in [-0.3, -0.25) is 0 Å². The lowest BCUT2D eigenvalue weighted by Gasteiger charge is -2.18. The van der Waals surface area contributed by atoms with Crippen molar-refractivity contribution in [3.05, 3.63) is 76.9 Å². The highest BCUT2D eigenvalue weighted by Crippen LogP contribution is 2.40. The van der Waals surface area contributed by atoms with Crippen molar-refractivity contribution in [1.82, 2.24) is 0 Å². The molecule has 0 amide bonds. The van der Waals surface area contributed by atoms with Gasteiger partial charge in [-0.25, -0.2) is 0 Å². The summed E-state index contributed by atoms with van der Waals surface area (Å²) in [4.78, 5) is 0. The largest absolute Gasteiger partial charge is 0.493 e. The van der Waals surface area contributed by atoms with Gasteiger partial charge in [-0.05, 0) is 73.2 Å². The number of hydrogen-bond acceptors (Lipinski definition) is 5. The third-order valence-corrected chi connectivity index (χ3v) is 6.34. The maximum atomic E-state index is 6.04. The van der Waals surface area contributed by atoms with Crippen LogP contribution in [0.3, 0.4) is 0 Å². The van der Waals surface area contributed by atoms with E-state index in [4.69, 9.17) is 23.7 Å². The molecular weight excluding hydrogens is 476 g/mol. The van der Waals surface area contributed by atoms with Gasteiger partial charge in [-0.2, -0.15) is 0 Å². The van der Waals surface area contributed by atoms with Crippen LogP contribution in [0.15, 0.2) is 54.6 Å². The van der Waals surface area contributed by atoms with Crippen molar-refractivity contribution in [2.45, 2.75) is 52.7 Å². The molecule has 0 heterocycles. The smallest absolute Gasteiger partial charge is 0.203 e. The molecule has 2 unspecified atom stereocenters. The Kier molecular flexibility index (Phi) is 10.7. The van der Waals surface area contributed by atoms with Crippen molar-refractivity contribution in [2.75, 3.05) is 21.3 Å². The van der Waals surface area contributed by atoms with Gasteiger partial charge in [0.25, 0.3) is 0 Å². The molecule has 38 heavy (non-hydrogen) atoms. The molecule has 5 heteroatoms. The highest BCUT2D eigenvalue weighted by atomic mass is 16.5. The molecule has 0 N–H and O–H groups in total. The van der Waals surface area contributed by atoms with E-state index in [0.717, 1.165) is 46.6 Å². The predicted molar refractivity (Wildman–Crippen MR) is 158 cm³/mol. The molecule has 0 aliphatic heterocycles. The summed E-state index contributed by atoms with van der Waals surface area (Å²) in [6.45, 7) is 8.27. The van der Waals surface area contributed by atoms with Gasteiger partial charge in [-0.15, -0.1) is 0 Å². The zero-order chi connectivity index (χ0) is 27.5. The first-order valence-electron chi connectivity index (χ1n) is 13.1. The Morgan fingerprint density at radius 3 is 1.45 bits per heavy atom. The van der Waals surface area contributed by atoms with Gasteiger partial charge in [0, 0.05) is 0 Å². The Labute approximate surface area is 227 Å². The zero-order valence-corrected chi connectivity index (χ0v) is 23.6. The van der Waals surface area contributed by atoms with Crippen molar-refractivity contribution >= 4 is 24.3 Å². The SMILES string of the molecule is CCC(C)Oc1ccc(/C=C/c2ccc(/C=C/c3cc(OC)c(OC(C)CC)c(OC)c3)cc2)cc1OC. The molecule has 0 fully saturated rings. The summed E-state index contributed by atoms with van der Waals surface area (Å²) in [6, 6.07) is 18.3. The zero-order valence-electron chi connectivity index (χ0n) is 23.6. The molecule has 0 saturated carbocycles. The number of benzene rings is 3. The van der Waals surface area contributed by atoms with Crippen molar-refractivity contribution in [1.29, 1.82) is 0 Å². The Balaban J connectivity index is 1.72. The van der Waals surface area contributed by atoms with Crippen LogP contribution in [0.2, 0.25) is 0 Å². The molecule has 0 saturated heterocycles. The van der Waals surface area contributed by atoms with Crippen LogP contribution in [0.25, 0.3) is 24.3 Å². The summed E-state index contributed by atoms with van der Waals surface area (Å²) in [7, 11) is 4.95. The molecule has 0 aliphatic rings. The fraction of sp³-hybridized carbons (Fsp3) is 0.333. The molecule has 0 aliphatic carbocycles. The average molecular weight is 517 g/mol. The van der Waals surface area contributed by atoms with E-state index in [1.54, 1.807) is 21.3 Å². The topological polar surface area (TPSA) is 46.2 Å². The first-order valence-corrected chi connectivity index (χ1v) is 13.1. The van der Waals surface area contributed by atoms with E-state index in [0.29, 0.717) is 17.2 Å². The number of rotatable bonds is 13. The van der Waals surface area contributed by atoms with E-state index in [1.165, 1.54) is 0 Å². The second kappa shape index (κ2) is 14.2. The van der Waals surface area contributed by atoms with Crippen LogP contribution in [-0.4, -0.2) is 33.5 Å². The van der Waals surface area contributed by atoms with Crippen LogP contribution < -0.4 is 23.7 Å². The molecule has 3 aromatic rings. The van der Waals surface area contributed by atoms with Crippen molar-refractivity contribution in [3.8, 4) is 28.7 Å². The van der Waals surface area contributed by atoms with Crippen LogP contribution in [-0.2, 0) is 0 Å². The van der Waals surface area contributed by atoms with Crippen LogP contribution >= 0.6 is 0 Å². The monoisotopic (exact) mass is 516 g/mol. The summed E-state index contributed by atoms with van der Waals surface area (Å²) in [6.07, 6.45) is 10.3. The Hall–Kier alpha value is -3.86. The van der Waals surface area contributed by atoms with Crippen LogP contribution in [0.5, 0.6) is 28.7 Å². The minimum Gasteiger partial charge on any atom is -0.493 e. The van der Waals surface area contributed by atoms with E-state index >= 15 is 0 Å². The molecule has 0 radical (unpaired) electrons. The molecule has 3 rings (SSSR count). The van der Waals surface area contributed by atoms with Crippen LogP contribution in [0.4, 0.5) is 0 Å². The van der Waals surface area contributed by atoms with E-state index in [-0.39, 0.29) is 12.2 Å². The Morgan fingerprint density at radius 1 is 0.526 bits per heavy atom. The molecule has 0 bridgehead atoms. The van der Waals surface area contributed by atoms with Crippen LogP contribution in [0, 0.1) is 0 Å². The molecular formula is C33H40O5. The molecule has 5 nitrogen and oxygen atoms in total. The summed E-state index contributed by atoms with van der Waals surface area (Å²) in [5.41, 5.74) is 4.21. The Bertz CT molecular complexity index is 1200. The minimum absolute atomic E-state index is 0.0665. The van der Waals surface area contributed by atoms with E-state index in [1.807, 2.05) is 43.3 Å². The van der Waals surface area contributed by atoms with Crippen molar-refractivity contribution < 1.29 is 23.7 Å². The number of ether oxygens (including phenoxy) is 5. The fourth-order valence-electron chi connectivity index (χ4n) is 3.69. The molecule has 202 valence electrons. The van der Waals surface area contributed by atoms with E-state index < -0.39 is 0 Å². The fourth-order valence-corrected chi connectivity index (χ4v) is 3.69. The van der Waals surface area contributed by atoms with Gasteiger partial charge < -0.3 is 23.7 Å². The van der Waals surface area contributed by atoms with Gasteiger partial charge in [0.15, 0.2) is 23.0 Å². The quantitative estimate of drug-likeness (QED) is 0.213. The molecule has 0 spiro atoms. The highest BCUT2D eigenvalue weighted by molar-refractivity contribution is 5.75. The second-order valence-electron chi connectivity index (χ2n) is 9.17. The van der Waals surface area contributed by atoms with Gasteiger partial charge in [0.05, 0.1) is 33.5 Å². The Morgan fingerprint density at radius 2 is 0.947 bits per heavy atom. The average Bonchev–Trinajstić information content (AvgIpc) is 2.95. The van der Waals surface area contributed by atoms with Gasteiger partial charge >= 0.3 is 0 Å². The first-order chi connectivity index (χ1) is 18.4. The summed E-state index contributed by atoms with van der Waals surface area (Å²) in [5.74, 6) is 3.44. The summed E-state index contributed by atoms with van der Waals surface area (Å²) in [5, 5.41) is 0. The van der Waals surface area contributed by atoms with E-state index in [2.05, 4.69) is 63.3 Å².